The van der Waals surface area contributed by atoms with E-state index in [0.29, 0.717) is 18.5 Å². The summed E-state index contributed by atoms with van der Waals surface area (Å²) in [6.07, 6.45) is 0.472. The second kappa shape index (κ2) is 7.79. The van der Waals surface area contributed by atoms with Gasteiger partial charge in [-0.05, 0) is 36.7 Å². The number of phenols is 6. The smallest absolute Gasteiger partial charge is 0.335 e. The van der Waals surface area contributed by atoms with Crippen molar-refractivity contribution >= 4 is 5.97 Å². The lowest BCUT2D eigenvalue weighted by molar-refractivity contribution is 0.0696. The number of carboxylic acids is 1. The number of carbonyl (C=O) groups is 1. The van der Waals surface area contributed by atoms with Crippen molar-refractivity contribution in [2.75, 3.05) is 6.54 Å². The van der Waals surface area contributed by atoms with E-state index in [1.54, 1.807) is 0 Å². The third-order valence-corrected chi connectivity index (χ3v) is 2.91. The number of hydrogen-bond acceptors (Lipinski definition) is 8. The predicted octanol–water partition coefficient (Wildman–Crippen LogP) is 0.806. The van der Waals surface area contributed by atoms with Crippen molar-refractivity contribution in [3.05, 3.63) is 35.4 Å². The van der Waals surface area contributed by atoms with E-state index >= 15 is 0 Å². The molecule has 0 aliphatic heterocycles. The molecule has 0 fully saturated rings. The fraction of sp³-hybridized carbons (Fsp3) is 0.133. The largest absolute Gasteiger partial charge is 0.508 e. The van der Waals surface area contributed by atoms with Crippen LogP contribution in [0.15, 0.2) is 24.3 Å². The molecule has 0 bridgehead atoms. The highest BCUT2D eigenvalue weighted by Crippen LogP contribution is 2.35. The Morgan fingerprint density at radius 3 is 1.75 bits per heavy atom. The lowest BCUT2D eigenvalue weighted by Crippen LogP contribution is -2.02. The molecule has 2 rings (SSSR count). The minimum Gasteiger partial charge on any atom is -0.508 e. The molecule has 0 saturated heterocycles. The first-order chi connectivity index (χ1) is 11.2. The Balaban J connectivity index is 0.000000240. The highest BCUT2D eigenvalue weighted by Gasteiger charge is 2.11. The first kappa shape index (κ1) is 18.7. The number of phenolic OH excluding ortho intramolecular Hbond substituents is 6. The summed E-state index contributed by atoms with van der Waals surface area (Å²) in [6, 6.07) is 4.09. The molecule has 0 aromatic heterocycles. The Morgan fingerprint density at radius 1 is 0.792 bits per heavy atom. The molecule has 9 N–H and O–H groups in total. The van der Waals surface area contributed by atoms with Crippen LogP contribution in [0.1, 0.15) is 15.9 Å². The van der Waals surface area contributed by atoms with Gasteiger partial charge in [-0.3, -0.25) is 0 Å². The number of rotatable bonds is 3. The summed E-state index contributed by atoms with van der Waals surface area (Å²) in [6.45, 7) is 0.387. The van der Waals surface area contributed by atoms with E-state index in [9.17, 15) is 9.90 Å². The van der Waals surface area contributed by atoms with Crippen molar-refractivity contribution in [1.29, 1.82) is 0 Å². The van der Waals surface area contributed by atoms with Crippen LogP contribution >= 0.6 is 0 Å². The number of carboxylic acid groups (broad SMARTS) is 1. The van der Waals surface area contributed by atoms with Crippen molar-refractivity contribution in [1.82, 2.24) is 0 Å². The van der Waals surface area contributed by atoms with Crippen molar-refractivity contribution < 1.29 is 40.5 Å². The van der Waals surface area contributed by atoms with Crippen molar-refractivity contribution in [2.45, 2.75) is 6.42 Å². The van der Waals surface area contributed by atoms with E-state index < -0.39 is 23.2 Å². The molecule has 9 nitrogen and oxygen atoms in total. The number of hydrogen-bond donors (Lipinski definition) is 8. The summed E-state index contributed by atoms with van der Waals surface area (Å²) in [7, 11) is 0. The predicted molar refractivity (Wildman–Crippen MR) is 82.6 cm³/mol. The average Bonchev–Trinajstić information content (AvgIpc) is 2.50. The number of aromatic hydroxyl groups is 6. The Kier molecular flexibility index (Phi) is 6.07. The summed E-state index contributed by atoms with van der Waals surface area (Å²) < 4.78 is 0. The van der Waals surface area contributed by atoms with Gasteiger partial charge in [0.05, 0.1) is 5.56 Å². The molecule has 2 aromatic rings. The lowest BCUT2D eigenvalue weighted by Gasteiger charge is -2.04. The van der Waals surface area contributed by atoms with E-state index in [0.717, 1.165) is 18.2 Å². The van der Waals surface area contributed by atoms with Gasteiger partial charge in [-0.15, -0.1) is 0 Å². The Morgan fingerprint density at radius 2 is 1.29 bits per heavy atom. The first-order valence-corrected chi connectivity index (χ1v) is 6.59. The third kappa shape index (κ3) is 4.58. The maximum absolute atomic E-state index is 10.3. The summed E-state index contributed by atoms with van der Waals surface area (Å²) in [4.78, 5) is 10.3. The molecule has 0 aliphatic carbocycles. The molecule has 24 heavy (non-hydrogen) atoms. The fourth-order valence-electron chi connectivity index (χ4n) is 1.69. The number of nitrogens with two attached hydrogens (primary N) is 1. The molecule has 0 unspecified atom stereocenters. The molecule has 130 valence electrons. The molecule has 0 aliphatic rings. The summed E-state index contributed by atoms with van der Waals surface area (Å²) >= 11 is 0. The van der Waals surface area contributed by atoms with Gasteiger partial charge in [0.25, 0.3) is 0 Å². The van der Waals surface area contributed by atoms with Crippen molar-refractivity contribution in [3.63, 3.8) is 0 Å². The molecular formula is C15H17NO8. The van der Waals surface area contributed by atoms with Crippen LogP contribution in [-0.4, -0.2) is 48.3 Å². The Labute approximate surface area is 136 Å². The van der Waals surface area contributed by atoms with Gasteiger partial charge in [0.2, 0.25) is 0 Å². The van der Waals surface area contributed by atoms with E-state index in [4.69, 9.17) is 36.4 Å². The topological polar surface area (TPSA) is 185 Å². The molecular weight excluding hydrogens is 322 g/mol. The van der Waals surface area contributed by atoms with Gasteiger partial charge in [0.1, 0.15) is 5.75 Å². The maximum Gasteiger partial charge on any atom is 0.335 e. The van der Waals surface area contributed by atoms with Gasteiger partial charge in [-0.25, -0.2) is 4.79 Å². The third-order valence-electron chi connectivity index (χ3n) is 2.91. The zero-order valence-corrected chi connectivity index (χ0v) is 12.3. The Bertz CT molecular complexity index is 721. The maximum atomic E-state index is 10.3. The van der Waals surface area contributed by atoms with Crippen molar-refractivity contribution in [2.24, 2.45) is 5.73 Å². The monoisotopic (exact) mass is 339 g/mol. The zero-order chi connectivity index (χ0) is 18.4. The van der Waals surface area contributed by atoms with Crippen LogP contribution in [-0.2, 0) is 6.42 Å². The van der Waals surface area contributed by atoms with Crippen LogP contribution in [0.4, 0.5) is 0 Å². The highest BCUT2D eigenvalue weighted by molar-refractivity contribution is 5.89. The van der Waals surface area contributed by atoms with Gasteiger partial charge in [-0.1, -0.05) is 0 Å². The van der Waals surface area contributed by atoms with Gasteiger partial charge in [0, 0.05) is 6.07 Å². The Hall–Kier alpha value is -3.33. The molecule has 0 radical (unpaired) electrons. The molecule has 0 saturated carbocycles. The van der Waals surface area contributed by atoms with Crippen LogP contribution in [0.2, 0.25) is 0 Å². The summed E-state index contributed by atoms with van der Waals surface area (Å²) in [5, 5.41) is 62.2. The van der Waals surface area contributed by atoms with E-state index in [1.165, 1.54) is 6.07 Å². The SMILES string of the molecule is NCCc1cc(O)c(O)cc1O.O=C(O)c1cc(O)c(O)c(O)c1. The lowest BCUT2D eigenvalue weighted by atomic mass is 10.1. The second-order valence-corrected chi connectivity index (χ2v) is 4.68. The zero-order valence-electron chi connectivity index (χ0n) is 12.3. The summed E-state index contributed by atoms with van der Waals surface area (Å²) in [5.74, 6) is -3.94. The minimum absolute atomic E-state index is 0.0456. The van der Waals surface area contributed by atoms with E-state index in [-0.39, 0.29) is 22.8 Å². The van der Waals surface area contributed by atoms with Gasteiger partial charge in [-0.2, -0.15) is 0 Å². The van der Waals surface area contributed by atoms with E-state index in [2.05, 4.69) is 0 Å². The molecule has 0 heterocycles. The normalized spacial score (nSPS) is 9.88. The highest BCUT2D eigenvalue weighted by atomic mass is 16.4. The van der Waals surface area contributed by atoms with Gasteiger partial charge >= 0.3 is 5.97 Å². The number of aromatic carboxylic acids is 1. The first-order valence-electron chi connectivity index (χ1n) is 6.59. The van der Waals surface area contributed by atoms with Gasteiger partial charge < -0.3 is 41.5 Å². The van der Waals surface area contributed by atoms with Gasteiger partial charge in [0.15, 0.2) is 28.7 Å². The second-order valence-electron chi connectivity index (χ2n) is 4.68. The number of benzene rings is 2. The molecule has 9 heteroatoms. The molecule has 0 amide bonds. The van der Waals surface area contributed by atoms with Crippen molar-refractivity contribution in [3.8, 4) is 34.5 Å². The molecule has 2 aromatic carbocycles. The average molecular weight is 339 g/mol. The standard InChI is InChI=1S/C8H11NO3.C7H6O5/c9-2-1-5-3-7(11)8(12)4-6(5)10;8-4-1-3(7(11)12)2-5(9)6(4)10/h3-4,10-12H,1-2,9H2;1-2,8-10H,(H,11,12). The summed E-state index contributed by atoms with van der Waals surface area (Å²) in [5.41, 5.74) is 5.51. The van der Waals surface area contributed by atoms with E-state index in [1.807, 2.05) is 0 Å². The molecule has 0 spiro atoms. The van der Waals surface area contributed by atoms with Crippen LogP contribution in [0, 0.1) is 0 Å². The van der Waals surface area contributed by atoms with Crippen LogP contribution in [0.5, 0.6) is 34.5 Å². The van der Waals surface area contributed by atoms with Crippen LogP contribution in [0.25, 0.3) is 0 Å². The molecule has 0 atom stereocenters. The quantitative estimate of drug-likeness (QED) is 0.296. The minimum atomic E-state index is -1.29. The van der Waals surface area contributed by atoms with Crippen LogP contribution in [0.3, 0.4) is 0 Å². The van der Waals surface area contributed by atoms with Crippen LogP contribution < -0.4 is 5.73 Å². The fourth-order valence-corrected chi connectivity index (χ4v) is 1.69.